The zero-order valence-corrected chi connectivity index (χ0v) is 17.6. The number of methoxy groups -OCH3 is 1. The quantitative estimate of drug-likeness (QED) is 0.397. The Bertz CT molecular complexity index is 1010. The van der Waals surface area contributed by atoms with E-state index in [-0.39, 0.29) is 28.9 Å². The molecule has 1 atom stereocenters. The molecule has 0 bridgehead atoms. The predicted octanol–water partition coefficient (Wildman–Crippen LogP) is 5.87. The number of aromatic hydroxyl groups is 4. The lowest BCUT2D eigenvalue weighted by atomic mass is 9.88. The van der Waals surface area contributed by atoms with Gasteiger partial charge >= 0.3 is 0 Å². The molecule has 0 saturated heterocycles. The maximum atomic E-state index is 10.5. The van der Waals surface area contributed by atoms with Crippen molar-refractivity contribution < 1.29 is 25.2 Å². The van der Waals surface area contributed by atoms with Gasteiger partial charge in [-0.25, -0.2) is 0 Å². The molecule has 3 aromatic carbocycles. The molecule has 5 heteroatoms. The summed E-state index contributed by atoms with van der Waals surface area (Å²) in [5, 5.41) is 39.7. The first kappa shape index (κ1) is 22.7. The molecule has 0 heterocycles. The van der Waals surface area contributed by atoms with Crippen LogP contribution in [-0.4, -0.2) is 27.5 Å². The van der Waals surface area contributed by atoms with Crippen LogP contribution in [0.4, 0.5) is 0 Å². The fourth-order valence-electron chi connectivity index (χ4n) is 3.16. The first-order valence-corrected chi connectivity index (χ1v) is 9.79. The molecule has 158 valence electrons. The number of ether oxygens (including phenoxy) is 1. The highest BCUT2D eigenvalue weighted by Crippen LogP contribution is 2.39. The summed E-state index contributed by atoms with van der Waals surface area (Å²) in [5.41, 5.74) is 3.01. The van der Waals surface area contributed by atoms with Crippen molar-refractivity contribution >= 4 is 12.2 Å². The van der Waals surface area contributed by atoms with E-state index in [0.29, 0.717) is 16.9 Å². The molecule has 1 unspecified atom stereocenters. The van der Waals surface area contributed by atoms with Gasteiger partial charge in [-0.3, -0.25) is 0 Å². The minimum Gasteiger partial charge on any atom is -0.508 e. The van der Waals surface area contributed by atoms with Gasteiger partial charge in [0.15, 0.2) is 11.5 Å². The summed E-state index contributed by atoms with van der Waals surface area (Å²) >= 11 is 0. The molecule has 0 aromatic heterocycles. The van der Waals surface area contributed by atoms with Crippen molar-refractivity contribution in [3.8, 4) is 28.7 Å². The van der Waals surface area contributed by atoms with Gasteiger partial charge in [0.1, 0.15) is 17.2 Å². The molecule has 5 nitrogen and oxygen atoms in total. The molecule has 0 saturated carbocycles. The van der Waals surface area contributed by atoms with Gasteiger partial charge in [0.05, 0.1) is 7.11 Å². The molecule has 0 fully saturated rings. The zero-order chi connectivity index (χ0) is 22.3. The van der Waals surface area contributed by atoms with Crippen LogP contribution in [0.25, 0.3) is 12.2 Å². The van der Waals surface area contributed by atoms with Crippen LogP contribution in [0, 0.1) is 0 Å². The Morgan fingerprint density at radius 3 is 2.07 bits per heavy atom. The second-order valence-electron chi connectivity index (χ2n) is 6.55. The minimum absolute atomic E-state index is 0.0232. The van der Waals surface area contributed by atoms with E-state index in [9.17, 15) is 20.4 Å². The molecule has 0 radical (unpaired) electrons. The number of hydrogen-bond donors (Lipinski definition) is 4. The zero-order valence-electron chi connectivity index (χ0n) is 17.6. The Kier molecular flexibility index (Phi) is 7.76. The molecule has 0 aliphatic heterocycles. The summed E-state index contributed by atoms with van der Waals surface area (Å²) in [7, 11) is 1.48. The monoisotopic (exact) mass is 408 g/mol. The normalized spacial score (nSPS) is 11.6. The summed E-state index contributed by atoms with van der Waals surface area (Å²) in [5.74, 6) is 0.286. The number of rotatable bonds is 5. The van der Waals surface area contributed by atoms with Crippen molar-refractivity contribution in [2.45, 2.75) is 26.7 Å². The van der Waals surface area contributed by atoms with Crippen LogP contribution in [0.1, 0.15) is 48.9 Å². The lowest BCUT2D eigenvalue weighted by Gasteiger charge is -2.18. The summed E-state index contributed by atoms with van der Waals surface area (Å²) in [6, 6.07) is 14.6. The Hall–Kier alpha value is -3.60. The van der Waals surface area contributed by atoms with Crippen LogP contribution in [0.3, 0.4) is 0 Å². The fraction of sp³-hybridized carbons (Fsp3) is 0.200. The Morgan fingerprint density at radius 1 is 0.767 bits per heavy atom. The number of phenolic OH excluding ortho intramolecular Hbond substituents is 4. The highest BCUT2D eigenvalue weighted by atomic mass is 16.5. The number of hydrogen-bond acceptors (Lipinski definition) is 5. The average molecular weight is 408 g/mol. The molecular weight excluding hydrogens is 380 g/mol. The van der Waals surface area contributed by atoms with Crippen LogP contribution in [0.15, 0.2) is 54.6 Å². The van der Waals surface area contributed by atoms with Gasteiger partial charge in [-0.15, -0.1) is 0 Å². The van der Waals surface area contributed by atoms with Crippen LogP contribution in [0.5, 0.6) is 28.7 Å². The second-order valence-corrected chi connectivity index (χ2v) is 6.55. The molecule has 3 aromatic rings. The van der Waals surface area contributed by atoms with E-state index in [1.165, 1.54) is 13.2 Å². The van der Waals surface area contributed by atoms with Gasteiger partial charge in [-0.1, -0.05) is 51.1 Å². The number of phenols is 4. The van der Waals surface area contributed by atoms with Gasteiger partial charge in [-0.05, 0) is 47.0 Å². The van der Waals surface area contributed by atoms with E-state index < -0.39 is 0 Å². The summed E-state index contributed by atoms with van der Waals surface area (Å²) in [6.07, 6.45) is 3.64. The average Bonchev–Trinajstić information content (AvgIpc) is 2.74. The van der Waals surface area contributed by atoms with Crippen LogP contribution < -0.4 is 4.74 Å². The first-order chi connectivity index (χ1) is 14.4. The van der Waals surface area contributed by atoms with Crippen LogP contribution in [0.2, 0.25) is 0 Å². The highest BCUT2D eigenvalue weighted by Gasteiger charge is 2.19. The molecule has 0 spiro atoms. The van der Waals surface area contributed by atoms with Gasteiger partial charge < -0.3 is 25.2 Å². The van der Waals surface area contributed by atoms with Gasteiger partial charge in [0, 0.05) is 17.5 Å². The van der Waals surface area contributed by atoms with Crippen molar-refractivity contribution in [1.29, 1.82) is 0 Å². The van der Waals surface area contributed by atoms with Crippen LogP contribution >= 0.6 is 0 Å². The SMILES string of the molecule is CC.COc1cc(C(C)c2c(O)cc(O)cc2/C=C/c2ccc(O)cc2)ccc1O. The van der Waals surface area contributed by atoms with Crippen molar-refractivity contribution in [3.05, 3.63) is 76.9 Å². The molecule has 4 N–H and O–H groups in total. The van der Waals surface area contributed by atoms with Crippen molar-refractivity contribution in [1.82, 2.24) is 0 Å². The van der Waals surface area contributed by atoms with Gasteiger partial charge in [-0.2, -0.15) is 0 Å². The minimum atomic E-state index is -0.227. The Balaban J connectivity index is 0.00000155. The Labute approximate surface area is 177 Å². The Morgan fingerprint density at radius 2 is 1.43 bits per heavy atom. The van der Waals surface area contributed by atoms with Crippen LogP contribution in [-0.2, 0) is 0 Å². The number of benzene rings is 3. The lowest BCUT2D eigenvalue weighted by molar-refractivity contribution is 0.372. The molecule has 0 aliphatic carbocycles. The third-order valence-corrected chi connectivity index (χ3v) is 4.66. The standard InChI is InChI=1S/C23H22O5.C2H6/c1-14(16-7-10-20(26)22(12-16)28-2)23-17(11-19(25)13-21(23)27)6-3-15-4-8-18(24)9-5-15;1-2/h3-14,24-27H,1-2H3;1-2H3/b6-3+;. The summed E-state index contributed by atoms with van der Waals surface area (Å²) in [6.45, 7) is 5.93. The van der Waals surface area contributed by atoms with E-state index in [4.69, 9.17) is 4.74 Å². The van der Waals surface area contributed by atoms with E-state index in [0.717, 1.165) is 11.1 Å². The van der Waals surface area contributed by atoms with Crippen molar-refractivity contribution in [2.24, 2.45) is 0 Å². The third-order valence-electron chi connectivity index (χ3n) is 4.66. The fourth-order valence-corrected chi connectivity index (χ4v) is 3.16. The molecule has 0 aliphatic rings. The molecule has 3 rings (SSSR count). The summed E-state index contributed by atoms with van der Waals surface area (Å²) in [4.78, 5) is 0. The molecular formula is C25H28O5. The lowest BCUT2D eigenvalue weighted by Crippen LogP contribution is -2.00. The van der Waals surface area contributed by atoms with E-state index in [2.05, 4.69) is 0 Å². The molecule has 30 heavy (non-hydrogen) atoms. The van der Waals surface area contributed by atoms with E-state index in [1.807, 2.05) is 26.8 Å². The molecule has 0 amide bonds. The first-order valence-electron chi connectivity index (χ1n) is 9.79. The second kappa shape index (κ2) is 10.3. The maximum absolute atomic E-state index is 10.5. The van der Waals surface area contributed by atoms with E-state index in [1.54, 1.807) is 54.6 Å². The van der Waals surface area contributed by atoms with Crippen molar-refractivity contribution in [3.63, 3.8) is 0 Å². The highest BCUT2D eigenvalue weighted by molar-refractivity contribution is 5.74. The maximum Gasteiger partial charge on any atom is 0.160 e. The van der Waals surface area contributed by atoms with Gasteiger partial charge in [0.25, 0.3) is 0 Å². The topological polar surface area (TPSA) is 90.2 Å². The van der Waals surface area contributed by atoms with Crippen molar-refractivity contribution in [2.75, 3.05) is 7.11 Å². The smallest absolute Gasteiger partial charge is 0.160 e. The largest absolute Gasteiger partial charge is 0.508 e. The third kappa shape index (κ3) is 5.26. The summed E-state index contributed by atoms with van der Waals surface area (Å²) < 4.78 is 5.18. The predicted molar refractivity (Wildman–Crippen MR) is 120 cm³/mol. The van der Waals surface area contributed by atoms with Gasteiger partial charge in [0.2, 0.25) is 0 Å². The van der Waals surface area contributed by atoms with E-state index >= 15 is 0 Å².